The van der Waals surface area contributed by atoms with E-state index in [0.717, 1.165) is 19.3 Å². The SMILES string of the molecule is CCCCCCCCCCCC(=O)OC(=O)CN.OCCN(CCO)CCO. The second kappa shape index (κ2) is 24.0. The number of ether oxygens (including phenoxy) is 1. The van der Waals surface area contributed by atoms with E-state index in [2.05, 4.69) is 11.7 Å². The molecule has 0 fully saturated rings. The molecule has 0 heterocycles. The zero-order valence-corrected chi connectivity index (χ0v) is 17.6. The molecule has 0 aromatic carbocycles. The van der Waals surface area contributed by atoms with Crippen molar-refractivity contribution in [2.24, 2.45) is 5.73 Å². The number of hydrogen-bond acceptors (Lipinski definition) is 8. The Balaban J connectivity index is 0. The van der Waals surface area contributed by atoms with Gasteiger partial charge in [0, 0.05) is 26.1 Å². The summed E-state index contributed by atoms with van der Waals surface area (Å²) in [5.74, 6) is -1.09. The fourth-order valence-electron chi connectivity index (χ4n) is 2.56. The highest BCUT2D eigenvalue weighted by atomic mass is 16.6. The zero-order valence-electron chi connectivity index (χ0n) is 17.6. The quantitative estimate of drug-likeness (QED) is 0.161. The number of rotatable bonds is 17. The van der Waals surface area contributed by atoms with Crippen molar-refractivity contribution in [3.63, 3.8) is 0 Å². The van der Waals surface area contributed by atoms with Crippen molar-refractivity contribution in [1.29, 1.82) is 0 Å². The molecule has 168 valence electrons. The molecule has 0 amide bonds. The minimum atomic E-state index is -0.643. The van der Waals surface area contributed by atoms with Gasteiger partial charge in [-0.05, 0) is 6.42 Å². The van der Waals surface area contributed by atoms with Crippen molar-refractivity contribution in [2.75, 3.05) is 46.0 Å². The van der Waals surface area contributed by atoms with E-state index in [4.69, 9.17) is 21.1 Å². The highest BCUT2D eigenvalue weighted by Crippen LogP contribution is 2.10. The molecule has 0 bridgehead atoms. The summed E-state index contributed by atoms with van der Waals surface area (Å²) < 4.78 is 4.47. The van der Waals surface area contributed by atoms with E-state index in [1.807, 2.05) is 0 Å². The van der Waals surface area contributed by atoms with Gasteiger partial charge in [-0.3, -0.25) is 14.5 Å². The van der Waals surface area contributed by atoms with Crippen LogP contribution in [0.4, 0.5) is 0 Å². The van der Waals surface area contributed by atoms with Gasteiger partial charge in [0.05, 0.1) is 26.4 Å². The number of esters is 2. The van der Waals surface area contributed by atoms with Gasteiger partial charge in [0.15, 0.2) is 0 Å². The molecule has 8 heteroatoms. The van der Waals surface area contributed by atoms with Crippen molar-refractivity contribution in [3.05, 3.63) is 0 Å². The van der Waals surface area contributed by atoms with Gasteiger partial charge in [-0.25, -0.2) is 0 Å². The second-order valence-corrected chi connectivity index (χ2v) is 6.64. The first-order valence-electron chi connectivity index (χ1n) is 10.5. The molecule has 0 aliphatic heterocycles. The third-order valence-electron chi connectivity index (χ3n) is 4.13. The number of carbonyl (C=O) groups excluding carboxylic acids is 2. The van der Waals surface area contributed by atoms with Crippen LogP contribution in [0.15, 0.2) is 0 Å². The molecule has 0 unspecified atom stereocenters. The van der Waals surface area contributed by atoms with Crippen LogP contribution >= 0.6 is 0 Å². The van der Waals surface area contributed by atoms with Gasteiger partial charge in [-0.2, -0.15) is 0 Å². The van der Waals surface area contributed by atoms with E-state index in [-0.39, 0.29) is 26.4 Å². The summed E-state index contributed by atoms with van der Waals surface area (Å²) in [6.07, 6.45) is 11.1. The van der Waals surface area contributed by atoms with Crippen LogP contribution in [0, 0.1) is 0 Å². The van der Waals surface area contributed by atoms with E-state index in [0.29, 0.717) is 26.1 Å². The number of aliphatic hydroxyl groups excluding tert-OH is 3. The Hall–Kier alpha value is -1.06. The molecule has 28 heavy (non-hydrogen) atoms. The van der Waals surface area contributed by atoms with E-state index in [1.54, 1.807) is 4.90 Å². The molecule has 0 saturated carbocycles. The minimum Gasteiger partial charge on any atom is -0.395 e. The van der Waals surface area contributed by atoms with Crippen molar-refractivity contribution < 1.29 is 29.6 Å². The largest absolute Gasteiger partial charge is 0.395 e. The smallest absolute Gasteiger partial charge is 0.327 e. The van der Waals surface area contributed by atoms with Crippen LogP contribution in [0.5, 0.6) is 0 Å². The number of hydrogen-bond donors (Lipinski definition) is 4. The van der Waals surface area contributed by atoms with Gasteiger partial charge in [-0.15, -0.1) is 0 Å². The maximum absolute atomic E-state index is 11.1. The molecule has 0 saturated heterocycles. The normalized spacial score (nSPS) is 10.5. The van der Waals surface area contributed by atoms with Crippen molar-refractivity contribution in [3.8, 4) is 0 Å². The molecule has 0 aromatic rings. The van der Waals surface area contributed by atoms with Crippen molar-refractivity contribution >= 4 is 11.9 Å². The summed E-state index contributed by atoms with van der Waals surface area (Å²) in [4.78, 5) is 23.6. The Morgan fingerprint density at radius 1 is 0.750 bits per heavy atom. The lowest BCUT2D eigenvalue weighted by Gasteiger charge is -2.17. The number of nitrogens with zero attached hydrogens (tertiary/aromatic N) is 1. The number of unbranched alkanes of at least 4 members (excludes halogenated alkanes) is 8. The number of aliphatic hydroxyl groups is 3. The van der Waals surface area contributed by atoms with Crippen LogP contribution in [0.25, 0.3) is 0 Å². The highest BCUT2D eigenvalue weighted by Gasteiger charge is 2.07. The maximum atomic E-state index is 11.1. The molecule has 0 aliphatic carbocycles. The van der Waals surface area contributed by atoms with Gasteiger partial charge < -0.3 is 25.8 Å². The van der Waals surface area contributed by atoms with Crippen LogP contribution in [-0.2, 0) is 14.3 Å². The third kappa shape index (κ3) is 23.0. The van der Waals surface area contributed by atoms with Crippen LogP contribution in [0.1, 0.15) is 71.1 Å². The molecule has 0 aromatic heterocycles. The fraction of sp³-hybridized carbons (Fsp3) is 0.900. The van der Waals surface area contributed by atoms with Gasteiger partial charge >= 0.3 is 11.9 Å². The molecule has 0 atom stereocenters. The Morgan fingerprint density at radius 2 is 1.18 bits per heavy atom. The average molecular weight is 407 g/mol. The minimum absolute atomic E-state index is 0.0694. The third-order valence-corrected chi connectivity index (χ3v) is 4.13. The van der Waals surface area contributed by atoms with Gasteiger partial charge in [0.2, 0.25) is 0 Å². The Kier molecular flexibility index (Phi) is 25.0. The Bertz CT molecular complexity index is 341. The van der Waals surface area contributed by atoms with E-state index in [9.17, 15) is 9.59 Å². The van der Waals surface area contributed by atoms with Crippen LogP contribution in [0.2, 0.25) is 0 Å². The Morgan fingerprint density at radius 3 is 1.57 bits per heavy atom. The predicted molar refractivity (Wildman–Crippen MR) is 110 cm³/mol. The number of nitrogens with two attached hydrogens (primary N) is 1. The molecule has 5 N–H and O–H groups in total. The fourth-order valence-corrected chi connectivity index (χ4v) is 2.56. The monoisotopic (exact) mass is 406 g/mol. The van der Waals surface area contributed by atoms with Crippen molar-refractivity contribution in [2.45, 2.75) is 71.1 Å². The predicted octanol–water partition coefficient (Wildman–Crippen LogP) is 1.20. The lowest BCUT2D eigenvalue weighted by molar-refractivity contribution is -0.158. The lowest BCUT2D eigenvalue weighted by Crippen LogP contribution is -2.32. The first-order chi connectivity index (χ1) is 13.5. The second-order valence-electron chi connectivity index (χ2n) is 6.64. The summed E-state index contributed by atoms with van der Waals surface area (Å²) in [7, 11) is 0. The maximum Gasteiger partial charge on any atom is 0.327 e. The summed E-state index contributed by atoms with van der Waals surface area (Å²) >= 11 is 0. The summed E-state index contributed by atoms with van der Waals surface area (Å²) in [6, 6.07) is 0. The molecular formula is C20H42N2O6. The van der Waals surface area contributed by atoms with Crippen LogP contribution in [0.3, 0.4) is 0 Å². The molecule has 0 spiro atoms. The summed E-state index contributed by atoms with van der Waals surface area (Å²) in [6.45, 7) is 3.74. The van der Waals surface area contributed by atoms with Crippen molar-refractivity contribution in [1.82, 2.24) is 4.90 Å². The lowest BCUT2D eigenvalue weighted by atomic mass is 10.1. The Labute approximate surface area is 170 Å². The molecule has 0 rings (SSSR count). The molecular weight excluding hydrogens is 364 g/mol. The molecule has 8 nitrogen and oxygen atoms in total. The van der Waals surface area contributed by atoms with Gasteiger partial charge in [0.25, 0.3) is 0 Å². The first-order valence-corrected chi connectivity index (χ1v) is 10.5. The molecule has 0 radical (unpaired) electrons. The summed E-state index contributed by atoms with van der Waals surface area (Å²) in [5.41, 5.74) is 5.04. The van der Waals surface area contributed by atoms with Gasteiger partial charge in [-0.1, -0.05) is 58.3 Å². The van der Waals surface area contributed by atoms with Crippen LogP contribution in [-0.4, -0.2) is 78.2 Å². The van der Waals surface area contributed by atoms with E-state index in [1.165, 1.54) is 38.5 Å². The molecule has 0 aliphatic rings. The zero-order chi connectivity index (χ0) is 21.5. The van der Waals surface area contributed by atoms with E-state index < -0.39 is 11.9 Å². The van der Waals surface area contributed by atoms with Crippen LogP contribution < -0.4 is 5.73 Å². The highest BCUT2D eigenvalue weighted by molar-refractivity contribution is 5.86. The van der Waals surface area contributed by atoms with E-state index >= 15 is 0 Å². The first kappa shape index (κ1) is 29.1. The van der Waals surface area contributed by atoms with Gasteiger partial charge in [0.1, 0.15) is 0 Å². The topological polar surface area (TPSA) is 133 Å². The summed E-state index contributed by atoms with van der Waals surface area (Å²) in [5, 5.41) is 25.5. The number of carbonyl (C=O) groups is 2. The standard InChI is InChI=1S/C14H27NO3.C6H15NO3/c1-2-3-4-5-6-7-8-9-10-11-13(16)18-14(17)12-15;8-4-1-7(2-5-9)3-6-10/h2-12,15H2,1H3;8-10H,1-6H2. The average Bonchev–Trinajstić information content (AvgIpc) is 2.67.